The molecule has 2 aromatic carbocycles. The van der Waals surface area contributed by atoms with Crippen molar-refractivity contribution in [3.8, 4) is 0 Å². The topological polar surface area (TPSA) is 49.7 Å². The summed E-state index contributed by atoms with van der Waals surface area (Å²) in [6.07, 6.45) is 7.40. The fraction of sp³-hybridized carbons (Fsp3) is 0.385. The first-order valence-electron chi connectivity index (χ1n) is 10.5. The van der Waals surface area contributed by atoms with Crippen LogP contribution in [0.15, 0.2) is 61.7 Å². The predicted molar refractivity (Wildman–Crippen MR) is 122 cm³/mol. The van der Waals surface area contributed by atoms with Crippen LogP contribution in [0.5, 0.6) is 0 Å². The van der Waals surface area contributed by atoms with E-state index in [0.29, 0.717) is 26.1 Å². The lowest BCUT2D eigenvalue weighted by Gasteiger charge is -2.12. The number of ether oxygens (including phenoxy) is 1. The maximum Gasteiger partial charge on any atom is 0.0581 e. The molecule has 2 aromatic rings. The molecule has 156 valence electrons. The van der Waals surface area contributed by atoms with Crippen LogP contribution in [0.4, 0.5) is 0 Å². The number of hydrogen-bond donors (Lipinski definition) is 2. The molecule has 0 amide bonds. The molecular formula is C26H34O3. The minimum absolute atomic E-state index is 0.345. The van der Waals surface area contributed by atoms with Crippen LogP contribution in [0.2, 0.25) is 0 Å². The van der Waals surface area contributed by atoms with Crippen molar-refractivity contribution in [1.29, 1.82) is 0 Å². The first-order chi connectivity index (χ1) is 14.1. The molecule has 0 heterocycles. The summed E-state index contributed by atoms with van der Waals surface area (Å²) in [5, 5.41) is 20.3. The van der Waals surface area contributed by atoms with Crippen LogP contribution in [-0.4, -0.2) is 35.6 Å². The highest BCUT2D eigenvalue weighted by atomic mass is 16.5. The average Bonchev–Trinajstić information content (AvgIpc) is 2.74. The van der Waals surface area contributed by atoms with Gasteiger partial charge in [0.05, 0.1) is 12.2 Å². The third-order valence-corrected chi connectivity index (χ3v) is 5.03. The van der Waals surface area contributed by atoms with Crippen LogP contribution in [0.3, 0.4) is 0 Å². The van der Waals surface area contributed by atoms with Crippen molar-refractivity contribution >= 4 is 12.2 Å². The number of aliphatic hydroxyl groups is 2. The Labute approximate surface area is 175 Å². The Kier molecular flexibility index (Phi) is 10.4. The van der Waals surface area contributed by atoms with Gasteiger partial charge in [0.25, 0.3) is 0 Å². The Balaban J connectivity index is 1.50. The van der Waals surface area contributed by atoms with Gasteiger partial charge in [0.1, 0.15) is 0 Å². The smallest absolute Gasteiger partial charge is 0.0581 e. The highest BCUT2D eigenvalue weighted by molar-refractivity contribution is 5.47. The molecule has 2 atom stereocenters. The van der Waals surface area contributed by atoms with Crippen molar-refractivity contribution in [1.82, 2.24) is 0 Å². The Bertz CT molecular complexity index is 655. The molecule has 0 aliphatic rings. The van der Waals surface area contributed by atoms with Gasteiger partial charge in [-0.3, -0.25) is 0 Å². The fourth-order valence-electron chi connectivity index (χ4n) is 3.27. The van der Waals surface area contributed by atoms with E-state index < -0.39 is 0 Å². The summed E-state index contributed by atoms with van der Waals surface area (Å²) in [5.41, 5.74) is 4.45. The van der Waals surface area contributed by atoms with Crippen LogP contribution in [0.1, 0.15) is 47.9 Å². The van der Waals surface area contributed by atoms with Gasteiger partial charge in [-0.15, -0.1) is 0 Å². The van der Waals surface area contributed by atoms with Crippen LogP contribution < -0.4 is 0 Å². The molecule has 0 aliphatic carbocycles. The summed E-state index contributed by atoms with van der Waals surface area (Å²) < 4.78 is 5.65. The minimum atomic E-state index is -0.345. The lowest BCUT2D eigenvalue weighted by Crippen LogP contribution is -2.13. The van der Waals surface area contributed by atoms with Crippen molar-refractivity contribution < 1.29 is 14.9 Å². The van der Waals surface area contributed by atoms with Crippen LogP contribution >= 0.6 is 0 Å². The molecule has 0 saturated carbocycles. The first kappa shape index (κ1) is 23.1. The zero-order valence-electron chi connectivity index (χ0n) is 17.3. The summed E-state index contributed by atoms with van der Waals surface area (Å²) in [7, 11) is 0. The van der Waals surface area contributed by atoms with Crippen molar-refractivity contribution in [3.05, 3.63) is 83.9 Å². The lowest BCUT2D eigenvalue weighted by molar-refractivity contribution is 0.0918. The Hall–Kier alpha value is -2.20. The van der Waals surface area contributed by atoms with E-state index in [1.54, 1.807) is 0 Å². The molecule has 0 radical (unpaired) electrons. The van der Waals surface area contributed by atoms with E-state index in [9.17, 15) is 10.2 Å². The molecule has 3 heteroatoms. The molecule has 2 unspecified atom stereocenters. The van der Waals surface area contributed by atoms with E-state index >= 15 is 0 Å². The molecule has 29 heavy (non-hydrogen) atoms. The van der Waals surface area contributed by atoms with Gasteiger partial charge < -0.3 is 14.9 Å². The van der Waals surface area contributed by atoms with E-state index in [1.165, 1.54) is 0 Å². The van der Waals surface area contributed by atoms with E-state index in [4.69, 9.17) is 4.74 Å². The number of hydrogen-bond acceptors (Lipinski definition) is 3. The monoisotopic (exact) mass is 394 g/mol. The minimum Gasteiger partial charge on any atom is -0.393 e. The summed E-state index contributed by atoms with van der Waals surface area (Å²) >= 11 is 0. The summed E-state index contributed by atoms with van der Waals surface area (Å²) in [4.78, 5) is 0. The molecule has 3 nitrogen and oxygen atoms in total. The Morgan fingerprint density at radius 2 is 1.07 bits per heavy atom. The van der Waals surface area contributed by atoms with Gasteiger partial charge in [-0.1, -0.05) is 73.8 Å². The number of benzene rings is 2. The normalized spacial score (nSPS) is 13.0. The third-order valence-electron chi connectivity index (χ3n) is 5.03. The average molecular weight is 395 g/mol. The van der Waals surface area contributed by atoms with E-state index in [0.717, 1.165) is 47.9 Å². The molecule has 0 aliphatic heterocycles. The van der Waals surface area contributed by atoms with Gasteiger partial charge in [0, 0.05) is 13.2 Å². The van der Waals surface area contributed by atoms with E-state index in [-0.39, 0.29) is 12.2 Å². The third kappa shape index (κ3) is 9.23. The van der Waals surface area contributed by atoms with E-state index in [1.807, 2.05) is 60.7 Å². The van der Waals surface area contributed by atoms with Crippen molar-refractivity contribution in [3.63, 3.8) is 0 Å². The van der Waals surface area contributed by atoms with Gasteiger partial charge >= 0.3 is 0 Å². The number of aliphatic hydroxyl groups excluding tert-OH is 2. The zero-order chi connectivity index (χ0) is 20.9. The first-order valence-corrected chi connectivity index (χ1v) is 10.5. The highest BCUT2D eigenvalue weighted by Gasteiger charge is 2.07. The quantitative estimate of drug-likeness (QED) is 0.441. The second kappa shape index (κ2) is 13.1. The second-order valence-corrected chi connectivity index (χ2v) is 7.50. The fourth-order valence-corrected chi connectivity index (χ4v) is 3.27. The van der Waals surface area contributed by atoms with Gasteiger partial charge in [-0.2, -0.15) is 0 Å². The Morgan fingerprint density at radius 3 is 1.41 bits per heavy atom. The van der Waals surface area contributed by atoms with Crippen molar-refractivity contribution in [2.24, 2.45) is 0 Å². The van der Waals surface area contributed by atoms with Crippen LogP contribution in [0, 0.1) is 0 Å². The Morgan fingerprint density at radius 1 is 0.690 bits per heavy atom. The van der Waals surface area contributed by atoms with Crippen molar-refractivity contribution in [2.45, 2.75) is 50.7 Å². The number of rotatable bonds is 14. The maximum atomic E-state index is 10.2. The SMILES string of the molecule is C=Cc1ccc(CC(O)CCCOCCCC(O)Cc2ccc(C=C)cc2)cc1. The second-order valence-electron chi connectivity index (χ2n) is 7.50. The zero-order valence-corrected chi connectivity index (χ0v) is 17.3. The maximum absolute atomic E-state index is 10.2. The van der Waals surface area contributed by atoms with E-state index in [2.05, 4.69) is 13.2 Å². The summed E-state index contributed by atoms with van der Waals surface area (Å²) in [5.74, 6) is 0. The molecule has 0 fully saturated rings. The van der Waals surface area contributed by atoms with Gasteiger partial charge in [-0.25, -0.2) is 0 Å². The standard InChI is InChI=1S/C26H34O3/c1-3-21-9-13-23(14-10-21)19-25(27)7-5-17-29-18-6-8-26(28)20-24-15-11-22(4-2)12-16-24/h3-4,9-16,25-28H,1-2,5-8,17-20H2. The summed E-state index contributed by atoms with van der Waals surface area (Å²) in [6.45, 7) is 8.78. The molecule has 0 aromatic heterocycles. The lowest BCUT2D eigenvalue weighted by atomic mass is 10.0. The molecule has 0 spiro atoms. The largest absolute Gasteiger partial charge is 0.393 e. The molecule has 0 bridgehead atoms. The summed E-state index contributed by atoms with van der Waals surface area (Å²) in [6, 6.07) is 16.2. The van der Waals surface area contributed by atoms with Gasteiger partial charge in [-0.05, 0) is 60.8 Å². The predicted octanol–water partition coefficient (Wildman–Crippen LogP) is 5.06. The van der Waals surface area contributed by atoms with Crippen LogP contribution in [-0.2, 0) is 17.6 Å². The van der Waals surface area contributed by atoms with Crippen molar-refractivity contribution in [2.75, 3.05) is 13.2 Å². The molecular weight excluding hydrogens is 360 g/mol. The van der Waals surface area contributed by atoms with Gasteiger partial charge in [0.2, 0.25) is 0 Å². The van der Waals surface area contributed by atoms with Crippen LogP contribution in [0.25, 0.3) is 12.2 Å². The molecule has 0 saturated heterocycles. The van der Waals surface area contributed by atoms with Gasteiger partial charge in [0.15, 0.2) is 0 Å². The molecule has 2 rings (SSSR count). The highest BCUT2D eigenvalue weighted by Crippen LogP contribution is 2.12. The molecule has 2 N–H and O–H groups in total.